The second kappa shape index (κ2) is 5.57. The molecule has 0 saturated carbocycles. The summed E-state index contributed by atoms with van der Waals surface area (Å²) >= 11 is 0. The number of amides is 1. The molecule has 2 atom stereocenters. The molecule has 2 aliphatic heterocycles. The van der Waals surface area contributed by atoms with Crippen LogP contribution in [-0.4, -0.2) is 36.0 Å². The molecular weight excluding hydrogens is 236 g/mol. The molecule has 100 valence electrons. The van der Waals surface area contributed by atoms with Gasteiger partial charge in [-0.25, -0.2) is 0 Å². The maximum absolute atomic E-state index is 12.4. The van der Waals surface area contributed by atoms with Crippen LogP contribution < -0.4 is 5.32 Å². The average Bonchev–Trinajstić information content (AvgIpc) is 2.52. The second-order valence-electron chi connectivity index (χ2n) is 6.11. The first-order valence-electron chi connectivity index (χ1n) is 6.53. The number of hydrogen-bond donors (Lipinski definition) is 1. The number of likely N-dealkylation sites (tertiary alicyclic amines) is 1. The Kier molecular flexibility index (Phi) is 4.85. The average molecular weight is 261 g/mol. The first-order chi connectivity index (χ1) is 7.50. The van der Waals surface area contributed by atoms with Gasteiger partial charge in [-0.1, -0.05) is 6.92 Å². The predicted molar refractivity (Wildman–Crippen MR) is 72.4 cm³/mol. The number of hydrogen-bond acceptors (Lipinski definition) is 2. The van der Waals surface area contributed by atoms with Gasteiger partial charge in [0.15, 0.2) is 0 Å². The van der Waals surface area contributed by atoms with Gasteiger partial charge in [0.1, 0.15) is 0 Å². The van der Waals surface area contributed by atoms with E-state index in [1.165, 1.54) is 0 Å². The summed E-state index contributed by atoms with van der Waals surface area (Å²) in [5.74, 6) is 1.25. The zero-order valence-corrected chi connectivity index (χ0v) is 12.0. The van der Waals surface area contributed by atoms with Crippen molar-refractivity contribution < 1.29 is 4.79 Å². The van der Waals surface area contributed by atoms with Gasteiger partial charge < -0.3 is 10.2 Å². The van der Waals surface area contributed by atoms with E-state index in [2.05, 4.69) is 31.0 Å². The lowest BCUT2D eigenvalue weighted by Crippen LogP contribution is -2.49. The van der Waals surface area contributed by atoms with Gasteiger partial charge in [-0.3, -0.25) is 4.79 Å². The van der Waals surface area contributed by atoms with Crippen molar-refractivity contribution >= 4 is 18.3 Å². The van der Waals surface area contributed by atoms with Gasteiger partial charge in [-0.2, -0.15) is 0 Å². The van der Waals surface area contributed by atoms with Crippen molar-refractivity contribution in [2.24, 2.45) is 11.8 Å². The Morgan fingerprint density at radius 3 is 2.59 bits per heavy atom. The minimum atomic E-state index is 0. The van der Waals surface area contributed by atoms with Crippen molar-refractivity contribution in [1.29, 1.82) is 0 Å². The molecule has 0 radical (unpaired) electrons. The molecule has 0 spiro atoms. The molecule has 17 heavy (non-hydrogen) atoms. The summed E-state index contributed by atoms with van der Waals surface area (Å²) in [5.41, 5.74) is 0.0634. The molecule has 0 aromatic carbocycles. The van der Waals surface area contributed by atoms with Gasteiger partial charge in [0.25, 0.3) is 0 Å². The SMILES string of the molecule is CC1CN(C(=O)C2CCCNC2)C(C)(C)C1.Cl. The third-order valence-electron chi connectivity index (χ3n) is 3.99. The van der Waals surface area contributed by atoms with Gasteiger partial charge in [0, 0.05) is 18.6 Å². The van der Waals surface area contributed by atoms with E-state index >= 15 is 0 Å². The number of carbonyl (C=O) groups is 1. The Balaban J connectivity index is 0.00000144. The Hall–Kier alpha value is -0.280. The van der Waals surface area contributed by atoms with Crippen LogP contribution in [0.15, 0.2) is 0 Å². The van der Waals surface area contributed by atoms with E-state index in [0.717, 1.165) is 38.9 Å². The molecule has 0 aromatic rings. The monoisotopic (exact) mass is 260 g/mol. The number of rotatable bonds is 1. The van der Waals surface area contributed by atoms with Crippen molar-refractivity contribution in [2.75, 3.05) is 19.6 Å². The van der Waals surface area contributed by atoms with E-state index in [4.69, 9.17) is 0 Å². The summed E-state index contributed by atoms with van der Waals surface area (Å²) in [6.07, 6.45) is 3.34. The third kappa shape index (κ3) is 3.14. The Bertz CT molecular complexity index is 275. The molecule has 2 saturated heterocycles. The fourth-order valence-electron chi connectivity index (χ4n) is 3.26. The second-order valence-corrected chi connectivity index (χ2v) is 6.11. The van der Waals surface area contributed by atoms with Crippen LogP contribution in [0.3, 0.4) is 0 Å². The number of piperidine rings is 1. The normalized spacial score (nSPS) is 32.1. The van der Waals surface area contributed by atoms with E-state index in [0.29, 0.717) is 11.8 Å². The molecule has 4 heteroatoms. The maximum atomic E-state index is 12.4. The molecule has 0 aromatic heterocycles. The van der Waals surface area contributed by atoms with Crippen LogP contribution in [-0.2, 0) is 4.79 Å². The summed E-state index contributed by atoms with van der Waals surface area (Å²) in [7, 11) is 0. The third-order valence-corrected chi connectivity index (χ3v) is 3.99. The fraction of sp³-hybridized carbons (Fsp3) is 0.923. The molecule has 2 rings (SSSR count). The van der Waals surface area contributed by atoms with Gasteiger partial charge in [-0.05, 0) is 45.6 Å². The highest BCUT2D eigenvalue weighted by molar-refractivity contribution is 5.85. The van der Waals surface area contributed by atoms with Crippen LogP contribution in [0.5, 0.6) is 0 Å². The molecule has 2 heterocycles. The van der Waals surface area contributed by atoms with Gasteiger partial charge in [-0.15, -0.1) is 12.4 Å². The zero-order chi connectivity index (χ0) is 11.8. The molecule has 0 bridgehead atoms. The molecule has 1 N–H and O–H groups in total. The standard InChI is InChI=1S/C13H24N2O.ClH/c1-10-7-13(2,3)15(9-10)12(16)11-5-4-6-14-8-11;/h10-11,14H,4-9H2,1-3H3;1H. The smallest absolute Gasteiger partial charge is 0.227 e. The summed E-state index contributed by atoms with van der Waals surface area (Å²) in [6.45, 7) is 9.54. The fourth-order valence-corrected chi connectivity index (χ4v) is 3.26. The van der Waals surface area contributed by atoms with Gasteiger partial charge >= 0.3 is 0 Å². The van der Waals surface area contributed by atoms with Crippen LogP contribution in [0, 0.1) is 11.8 Å². The van der Waals surface area contributed by atoms with Crippen LogP contribution in [0.2, 0.25) is 0 Å². The van der Waals surface area contributed by atoms with Crippen LogP contribution in [0.25, 0.3) is 0 Å². The Labute approximate surface area is 111 Å². The van der Waals surface area contributed by atoms with Crippen LogP contribution in [0.1, 0.15) is 40.0 Å². The zero-order valence-electron chi connectivity index (χ0n) is 11.2. The van der Waals surface area contributed by atoms with Crippen molar-refractivity contribution in [1.82, 2.24) is 10.2 Å². The van der Waals surface area contributed by atoms with Crippen molar-refractivity contribution in [3.05, 3.63) is 0 Å². The number of halogens is 1. The summed E-state index contributed by atoms with van der Waals surface area (Å²) < 4.78 is 0. The molecule has 3 nitrogen and oxygen atoms in total. The van der Waals surface area contributed by atoms with E-state index < -0.39 is 0 Å². The van der Waals surface area contributed by atoms with Crippen molar-refractivity contribution in [3.63, 3.8) is 0 Å². The van der Waals surface area contributed by atoms with E-state index in [1.807, 2.05) is 0 Å². The topological polar surface area (TPSA) is 32.3 Å². The number of nitrogens with one attached hydrogen (secondary N) is 1. The highest BCUT2D eigenvalue weighted by Crippen LogP contribution is 2.34. The van der Waals surface area contributed by atoms with Gasteiger partial charge in [0.2, 0.25) is 5.91 Å². The Morgan fingerprint density at radius 2 is 2.12 bits per heavy atom. The highest BCUT2D eigenvalue weighted by Gasteiger charge is 2.41. The van der Waals surface area contributed by atoms with E-state index in [1.54, 1.807) is 0 Å². The van der Waals surface area contributed by atoms with E-state index in [9.17, 15) is 4.79 Å². The first-order valence-corrected chi connectivity index (χ1v) is 6.53. The molecule has 2 unspecified atom stereocenters. The molecule has 2 fully saturated rings. The van der Waals surface area contributed by atoms with Crippen LogP contribution >= 0.6 is 12.4 Å². The molecule has 2 aliphatic rings. The molecule has 0 aliphatic carbocycles. The van der Waals surface area contributed by atoms with Gasteiger partial charge in [0.05, 0.1) is 5.92 Å². The first kappa shape index (κ1) is 14.8. The Morgan fingerprint density at radius 1 is 1.41 bits per heavy atom. The summed E-state index contributed by atoms with van der Waals surface area (Å²) in [4.78, 5) is 14.6. The summed E-state index contributed by atoms with van der Waals surface area (Å²) in [5, 5.41) is 3.33. The minimum absolute atomic E-state index is 0. The largest absolute Gasteiger partial charge is 0.337 e. The van der Waals surface area contributed by atoms with Crippen molar-refractivity contribution in [3.8, 4) is 0 Å². The van der Waals surface area contributed by atoms with E-state index in [-0.39, 0.29) is 23.9 Å². The minimum Gasteiger partial charge on any atom is -0.337 e. The number of nitrogens with zero attached hydrogens (tertiary/aromatic N) is 1. The molecular formula is C13H25ClN2O. The number of carbonyl (C=O) groups excluding carboxylic acids is 1. The lowest BCUT2D eigenvalue weighted by atomic mass is 9.94. The molecule has 1 amide bonds. The predicted octanol–water partition coefficient (Wildman–Crippen LogP) is 2.05. The quantitative estimate of drug-likeness (QED) is 0.783. The lowest BCUT2D eigenvalue weighted by molar-refractivity contribution is -0.139. The van der Waals surface area contributed by atoms with Crippen molar-refractivity contribution in [2.45, 2.75) is 45.6 Å². The lowest BCUT2D eigenvalue weighted by Gasteiger charge is -2.35. The summed E-state index contributed by atoms with van der Waals surface area (Å²) in [6, 6.07) is 0. The highest BCUT2D eigenvalue weighted by atomic mass is 35.5. The van der Waals surface area contributed by atoms with Crippen LogP contribution in [0.4, 0.5) is 0 Å². The maximum Gasteiger partial charge on any atom is 0.227 e.